The van der Waals surface area contributed by atoms with Gasteiger partial charge in [0.2, 0.25) is 0 Å². The van der Waals surface area contributed by atoms with Gasteiger partial charge in [-0.2, -0.15) is 0 Å². The number of ketones is 1. The van der Waals surface area contributed by atoms with E-state index in [4.69, 9.17) is 0 Å². The fourth-order valence-corrected chi connectivity index (χ4v) is 7.55. The molecule has 0 spiro atoms. The van der Waals surface area contributed by atoms with Crippen LogP contribution in [0.15, 0.2) is 0 Å². The van der Waals surface area contributed by atoms with Gasteiger partial charge < -0.3 is 5.11 Å². The third kappa shape index (κ3) is 2.20. The molecule has 8 aliphatic rings. The first-order valence-corrected chi connectivity index (χ1v) is 9.87. The molecule has 8 fully saturated rings. The van der Waals surface area contributed by atoms with Crippen LogP contribution in [-0.2, 0) is 4.79 Å². The van der Waals surface area contributed by atoms with Crippen molar-refractivity contribution in [3.63, 3.8) is 0 Å². The normalized spacial score (nSPS) is 57.0. The van der Waals surface area contributed by atoms with E-state index in [0.717, 1.165) is 23.7 Å². The maximum absolute atomic E-state index is 11.6. The molecule has 8 bridgehead atoms. The lowest BCUT2D eigenvalue weighted by Crippen LogP contribution is -2.48. The average Bonchev–Trinajstić information content (AvgIpc) is 2.49. The summed E-state index contributed by atoms with van der Waals surface area (Å²) in [4.78, 5) is 11.6. The highest BCUT2D eigenvalue weighted by Crippen LogP contribution is 2.53. The molecule has 122 valence electrons. The van der Waals surface area contributed by atoms with Gasteiger partial charge in [-0.25, -0.2) is 0 Å². The molecule has 0 radical (unpaired) electrons. The number of hydrogen-bond acceptors (Lipinski definition) is 2. The fourth-order valence-electron chi connectivity index (χ4n) is 7.55. The minimum atomic E-state index is 0.0859. The Labute approximate surface area is 134 Å². The van der Waals surface area contributed by atoms with Crippen LogP contribution < -0.4 is 0 Å². The number of Topliss-reactive ketones (excluding diaryl/α,β-unsaturated/α-hetero) is 1. The van der Waals surface area contributed by atoms with Gasteiger partial charge in [0, 0.05) is 11.8 Å². The summed E-state index contributed by atoms with van der Waals surface area (Å²) in [5.74, 6) is 6.92. The van der Waals surface area contributed by atoms with Gasteiger partial charge >= 0.3 is 0 Å². The Kier molecular flexibility index (Phi) is 3.22. The molecule has 0 amide bonds. The molecule has 0 atom stereocenters. The summed E-state index contributed by atoms with van der Waals surface area (Å²) in [6.45, 7) is 0. The van der Waals surface area contributed by atoms with Crippen molar-refractivity contribution >= 4 is 5.78 Å². The third-order valence-electron chi connectivity index (χ3n) is 8.12. The van der Waals surface area contributed by atoms with Crippen molar-refractivity contribution in [2.45, 2.75) is 70.3 Å². The molecule has 8 saturated carbocycles. The Balaban J connectivity index is 0.000000102. The molecular weight excluding hydrogens is 272 g/mol. The van der Waals surface area contributed by atoms with Crippen LogP contribution in [-0.4, -0.2) is 17.0 Å². The van der Waals surface area contributed by atoms with E-state index in [1.807, 2.05) is 0 Å². The zero-order chi connectivity index (χ0) is 14.8. The molecule has 8 aliphatic carbocycles. The lowest BCUT2D eigenvalue weighted by Gasteiger charge is -2.52. The van der Waals surface area contributed by atoms with Crippen LogP contribution in [0.5, 0.6) is 0 Å². The zero-order valence-electron chi connectivity index (χ0n) is 13.6. The quantitative estimate of drug-likeness (QED) is 0.738. The predicted molar refractivity (Wildman–Crippen MR) is 85.1 cm³/mol. The molecule has 2 heteroatoms. The van der Waals surface area contributed by atoms with Gasteiger partial charge in [-0.15, -0.1) is 0 Å². The van der Waals surface area contributed by atoms with Gasteiger partial charge in [0.1, 0.15) is 5.78 Å². The van der Waals surface area contributed by atoms with Crippen molar-refractivity contribution in [2.75, 3.05) is 0 Å². The zero-order valence-corrected chi connectivity index (χ0v) is 13.6. The molecule has 22 heavy (non-hydrogen) atoms. The standard InChI is InChI=1S/C10H16O.C10H14O/c2*11-10-8-2-6-1-7(4-8)5-9(10)3-6/h6-11H,1-5H2;6-9H,1-5H2. The van der Waals surface area contributed by atoms with E-state index >= 15 is 0 Å². The highest BCUT2D eigenvalue weighted by atomic mass is 16.3. The minimum absolute atomic E-state index is 0.0859. The van der Waals surface area contributed by atoms with Gasteiger partial charge in [0.15, 0.2) is 0 Å². The van der Waals surface area contributed by atoms with Crippen LogP contribution in [0.2, 0.25) is 0 Å². The van der Waals surface area contributed by atoms with Gasteiger partial charge in [0.05, 0.1) is 6.10 Å². The smallest absolute Gasteiger partial charge is 0.139 e. The molecule has 0 unspecified atom stereocenters. The first kappa shape index (κ1) is 14.0. The van der Waals surface area contributed by atoms with Crippen molar-refractivity contribution in [1.29, 1.82) is 0 Å². The molecule has 0 heterocycles. The van der Waals surface area contributed by atoms with Crippen LogP contribution in [0.25, 0.3) is 0 Å². The summed E-state index contributed by atoms with van der Waals surface area (Å²) >= 11 is 0. The fraction of sp³-hybridized carbons (Fsp3) is 0.950. The SMILES string of the molecule is O=C1C2CC3CC(C2)CC1C3.OC1C2CC3CC(C2)CC1C3. The largest absolute Gasteiger partial charge is 0.393 e. The van der Waals surface area contributed by atoms with Crippen LogP contribution in [0.3, 0.4) is 0 Å². The summed E-state index contributed by atoms with van der Waals surface area (Å²) < 4.78 is 0. The van der Waals surface area contributed by atoms with E-state index in [9.17, 15) is 9.90 Å². The summed E-state index contributed by atoms with van der Waals surface area (Å²) in [6, 6.07) is 0. The van der Waals surface area contributed by atoms with Crippen molar-refractivity contribution in [3.8, 4) is 0 Å². The topological polar surface area (TPSA) is 37.3 Å². The summed E-state index contributed by atoms with van der Waals surface area (Å²) in [7, 11) is 0. The number of carbonyl (C=O) groups excluding carboxylic acids is 1. The molecule has 0 aromatic carbocycles. The molecule has 8 rings (SSSR count). The summed E-state index contributed by atoms with van der Waals surface area (Å²) in [5, 5.41) is 9.83. The second-order valence-electron chi connectivity index (χ2n) is 9.63. The molecule has 0 saturated heterocycles. The van der Waals surface area contributed by atoms with Crippen molar-refractivity contribution in [2.24, 2.45) is 47.3 Å². The van der Waals surface area contributed by atoms with Crippen molar-refractivity contribution in [3.05, 3.63) is 0 Å². The maximum Gasteiger partial charge on any atom is 0.139 e. The predicted octanol–water partition coefficient (Wildman–Crippen LogP) is 3.82. The summed E-state index contributed by atoms with van der Waals surface area (Å²) in [6.07, 6.45) is 13.3. The maximum atomic E-state index is 11.6. The van der Waals surface area contributed by atoms with E-state index in [1.54, 1.807) is 0 Å². The summed E-state index contributed by atoms with van der Waals surface area (Å²) in [5.41, 5.74) is 0. The first-order valence-electron chi connectivity index (χ1n) is 9.87. The highest BCUT2D eigenvalue weighted by molar-refractivity contribution is 5.85. The van der Waals surface area contributed by atoms with Crippen LogP contribution in [0, 0.1) is 47.3 Å². The second kappa shape index (κ2) is 5.06. The molecular formula is C20H30O2. The number of hydrogen-bond donors (Lipinski definition) is 1. The number of carbonyl (C=O) groups is 1. The highest BCUT2D eigenvalue weighted by Gasteiger charge is 2.48. The molecule has 2 nitrogen and oxygen atoms in total. The average molecular weight is 302 g/mol. The molecule has 1 N–H and O–H groups in total. The number of rotatable bonds is 0. The monoisotopic (exact) mass is 302 g/mol. The number of aliphatic hydroxyl groups is 1. The Morgan fingerprint density at radius 3 is 1.36 bits per heavy atom. The molecule has 0 aromatic rings. The van der Waals surface area contributed by atoms with E-state index in [2.05, 4.69) is 0 Å². The van der Waals surface area contributed by atoms with Crippen molar-refractivity contribution in [1.82, 2.24) is 0 Å². The Morgan fingerprint density at radius 2 is 0.955 bits per heavy atom. The Hall–Kier alpha value is -0.370. The van der Waals surface area contributed by atoms with Crippen LogP contribution in [0.1, 0.15) is 64.2 Å². The lowest BCUT2D eigenvalue weighted by molar-refractivity contribution is -0.139. The van der Waals surface area contributed by atoms with E-state index < -0.39 is 0 Å². The first-order chi connectivity index (χ1) is 10.7. The van der Waals surface area contributed by atoms with E-state index in [0.29, 0.717) is 29.5 Å². The van der Waals surface area contributed by atoms with Crippen molar-refractivity contribution < 1.29 is 9.90 Å². The Morgan fingerprint density at radius 1 is 0.591 bits per heavy atom. The van der Waals surface area contributed by atoms with E-state index in [-0.39, 0.29) is 6.10 Å². The van der Waals surface area contributed by atoms with Gasteiger partial charge in [-0.1, -0.05) is 0 Å². The van der Waals surface area contributed by atoms with Crippen LogP contribution in [0.4, 0.5) is 0 Å². The van der Waals surface area contributed by atoms with Gasteiger partial charge in [-0.3, -0.25) is 4.79 Å². The van der Waals surface area contributed by atoms with E-state index in [1.165, 1.54) is 64.2 Å². The number of aliphatic hydroxyl groups excluding tert-OH is 1. The van der Waals surface area contributed by atoms with Gasteiger partial charge in [-0.05, 0) is 99.7 Å². The van der Waals surface area contributed by atoms with Gasteiger partial charge in [0.25, 0.3) is 0 Å². The second-order valence-corrected chi connectivity index (χ2v) is 9.63. The Bertz CT molecular complexity index is 410. The lowest BCUT2D eigenvalue weighted by atomic mass is 9.55. The molecule has 0 aromatic heterocycles. The van der Waals surface area contributed by atoms with Crippen LogP contribution >= 0.6 is 0 Å². The molecule has 0 aliphatic heterocycles. The minimum Gasteiger partial charge on any atom is -0.393 e. The third-order valence-corrected chi connectivity index (χ3v) is 8.12.